The van der Waals surface area contributed by atoms with Crippen LogP contribution in [0.4, 0.5) is 10.1 Å². The Morgan fingerprint density at radius 3 is 2.62 bits per heavy atom. The maximum atomic E-state index is 13.0. The van der Waals surface area contributed by atoms with Crippen LogP contribution in [-0.4, -0.2) is 4.92 Å². The second-order valence-corrected chi connectivity index (χ2v) is 2.84. The van der Waals surface area contributed by atoms with Gasteiger partial charge in [0.05, 0.1) is 4.92 Å². The van der Waals surface area contributed by atoms with Crippen LogP contribution in [0.2, 0.25) is 0 Å². The summed E-state index contributed by atoms with van der Waals surface area (Å²) in [6.45, 7) is 3.62. The SMILES string of the molecule is CCc1cc(F)c([N+](=O)[O-])cc1C. The predicted molar refractivity (Wildman–Crippen MR) is 47.2 cm³/mol. The minimum absolute atomic E-state index is 0.449. The summed E-state index contributed by atoms with van der Waals surface area (Å²) in [6, 6.07) is 2.50. The third-order valence-corrected chi connectivity index (χ3v) is 1.98. The van der Waals surface area contributed by atoms with Crippen molar-refractivity contribution in [3.8, 4) is 0 Å². The van der Waals surface area contributed by atoms with Crippen LogP contribution < -0.4 is 0 Å². The molecule has 0 heterocycles. The third-order valence-electron chi connectivity index (χ3n) is 1.98. The molecule has 0 saturated heterocycles. The van der Waals surface area contributed by atoms with Crippen LogP contribution in [0.1, 0.15) is 18.1 Å². The molecule has 0 N–H and O–H groups in total. The molecule has 1 aromatic carbocycles. The van der Waals surface area contributed by atoms with E-state index in [2.05, 4.69) is 0 Å². The average molecular weight is 183 g/mol. The van der Waals surface area contributed by atoms with Gasteiger partial charge in [-0.05, 0) is 30.5 Å². The van der Waals surface area contributed by atoms with Crippen molar-refractivity contribution in [2.45, 2.75) is 20.3 Å². The number of nitro benzene ring substituents is 1. The van der Waals surface area contributed by atoms with Crippen molar-refractivity contribution in [3.63, 3.8) is 0 Å². The molecule has 1 aromatic rings. The fourth-order valence-corrected chi connectivity index (χ4v) is 1.23. The maximum absolute atomic E-state index is 13.0. The minimum Gasteiger partial charge on any atom is -0.258 e. The lowest BCUT2D eigenvalue weighted by atomic mass is 10.1. The van der Waals surface area contributed by atoms with Gasteiger partial charge in [0.25, 0.3) is 0 Å². The summed E-state index contributed by atoms with van der Waals surface area (Å²) >= 11 is 0. The lowest BCUT2D eigenvalue weighted by molar-refractivity contribution is -0.387. The standard InChI is InChI=1S/C9H10FNO2/c1-3-7-5-8(10)9(11(12)13)4-6(7)2/h4-5H,3H2,1-2H3. The van der Waals surface area contributed by atoms with Gasteiger partial charge in [0, 0.05) is 6.07 Å². The third kappa shape index (κ3) is 1.83. The van der Waals surface area contributed by atoms with Crippen LogP contribution in [0.3, 0.4) is 0 Å². The van der Waals surface area contributed by atoms with Crippen LogP contribution in [0.15, 0.2) is 12.1 Å². The van der Waals surface area contributed by atoms with Crippen LogP contribution in [-0.2, 0) is 6.42 Å². The molecule has 0 aliphatic rings. The van der Waals surface area contributed by atoms with E-state index in [4.69, 9.17) is 0 Å². The van der Waals surface area contributed by atoms with E-state index in [-0.39, 0.29) is 0 Å². The van der Waals surface area contributed by atoms with Crippen molar-refractivity contribution in [3.05, 3.63) is 39.2 Å². The van der Waals surface area contributed by atoms with E-state index >= 15 is 0 Å². The highest BCUT2D eigenvalue weighted by atomic mass is 19.1. The first kappa shape index (κ1) is 9.64. The number of nitro groups is 1. The molecule has 0 unspecified atom stereocenters. The van der Waals surface area contributed by atoms with E-state index in [1.807, 2.05) is 6.92 Å². The van der Waals surface area contributed by atoms with Crippen LogP contribution in [0.5, 0.6) is 0 Å². The van der Waals surface area contributed by atoms with Gasteiger partial charge in [-0.2, -0.15) is 4.39 Å². The molecule has 0 radical (unpaired) electrons. The zero-order valence-electron chi connectivity index (χ0n) is 7.50. The summed E-state index contributed by atoms with van der Waals surface area (Å²) in [5, 5.41) is 10.3. The lowest BCUT2D eigenvalue weighted by Gasteiger charge is -2.02. The number of rotatable bonds is 2. The fraction of sp³-hybridized carbons (Fsp3) is 0.333. The highest BCUT2D eigenvalue weighted by molar-refractivity contribution is 5.40. The average Bonchev–Trinajstić information content (AvgIpc) is 2.07. The van der Waals surface area contributed by atoms with Crippen molar-refractivity contribution in [1.82, 2.24) is 0 Å². The lowest BCUT2D eigenvalue weighted by Crippen LogP contribution is -1.96. The highest BCUT2D eigenvalue weighted by Gasteiger charge is 2.15. The second-order valence-electron chi connectivity index (χ2n) is 2.84. The monoisotopic (exact) mass is 183 g/mol. The van der Waals surface area contributed by atoms with Gasteiger partial charge in [0.15, 0.2) is 0 Å². The topological polar surface area (TPSA) is 43.1 Å². The van der Waals surface area contributed by atoms with Crippen molar-refractivity contribution in [2.75, 3.05) is 0 Å². The van der Waals surface area contributed by atoms with Gasteiger partial charge in [0.2, 0.25) is 5.82 Å². The summed E-state index contributed by atoms with van der Waals surface area (Å²) in [4.78, 5) is 9.63. The molecule has 4 heteroatoms. The Hall–Kier alpha value is -1.45. The molecule has 0 aliphatic heterocycles. The zero-order chi connectivity index (χ0) is 10.0. The van der Waals surface area contributed by atoms with Gasteiger partial charge in [0.1, 0.15) is 0 Å². The van der Waals surface area contributed by atoms with Gasteiger partial charge in [-0.25, -0.2) is 0 Å². The molecule has 3 nitrogen and oxygen atoms in total. The minimum atomic E-state index is -0.757. The Morgan fingerprint density at radius 2 is 2.15 bits per heavy atom. The van der Waals surface area contributed by atoms with Gasteiger partial charge in [-0.1, -0.05) is 6.92 Å². The zero-order valence-corrected chi connectivity index (χ0v) is 7.50. The summed E-state index contributed by atoms with van der Waals surface area (Å²) in [5.41, 5.74) is 1.12. The van der Waals surface area contributed by atoms with Gasteiger partial charge < -0.3 is 0 Å². The molecule has 0 aromatic heterocycles. The highest BCUT2D eigenvalue weighted by Crippen LogP contribution is 2.21. The molecule has 13 heavy (non-hydrogen) atoms. The first-order valence-electron chi connectivity index (χ1n) is 3.99. The fourth-order valence-electron chi connectivity index (χ4n) is 1.23. The summed E-state index contributed by atoms with van der Waals surface area (Å²) < 4.78 is 13.0. The first-order valence-corrected chi connectivity index (χ1v) is 3.99. The molecule has 70 valence electrons. The molecular formula is C9H10FNO2. The normalized spacial score (nSPS) is 10.1. The number of nitrogens with zero attached hydrogens (tertiary/aromatic N) is 1. The van der Waals surface area contributed by atoms with Gasteiger partial charge >= 0.3 is 5.69 Å². The molecule has 0 amide bonds. The molecule has 1 rings (SSSR count). The number of hydrogen-bond acceptors (Lipinski definition) is 2. The summed E-state index contributed by atoms with van der Waals surface area (Å²) in [5.74, 6) is -0.757. The van der Waals surface area contributed by atoms with Crippen LogP contribution in [0, 0.1) is 22.9 Å². The largest absolute Gasteiger partial charge is 0.305 e. The van der Waals surface area contributed by atoms with Crippen molar-refractivity contribution < 1.29 is 9.31 Å². The van der Waals surface area contributed by atoms with E-state index in [9.17, 15) is 14.5 Å². The molecule has 0 spiro atoms. The van der Waals surface area contributed by atoms with Crippen LogP contribution >= 0.6 is 0 Å². The summed E-state index contributed by atoms with van der Waals surface area (Å²) in [7, 11) is 0. The Labute approximate surface area is 75.3 Å². The second kappa shape index (κ2) is 3.51. The van der Waals surface area contributed by atoms with E-state index in [1.54, 1.807) is 6.92 Å². The smallest absolute Gasteiger partial charge is 0.258 e. The van der Waals surface area contributed by atoms with E-state index in [0.29, 0.717) is 6.42 Å². The number of aryl methyl sites for hydroxylation is 2. The van der Waals surface area contributed by atoms with Crippen molar-refractivity contribution in [1.29, 1.82) is 0 Å². The van der Waals surface area contributed by atoms with Gasteiger partial charge in [-0.3, -0.25) is 10.1 Å². The quantitative estimate of drug-likeness (QED) is 0.522. The molecule has 0 bridgehead atoms. The Morgan fingerprint density at radius 1 is 1.54 bits per heavy atom. The maximum Gasteiger partial charge on any atom is 0.305 e. The number of benzene rings is 1. The van der Waals surface area contributed by atoms with Crippen molar-refractivity contribution >= 4 is 5.69 Å². The van der Waals surface area contributed by atoms with E-state index in [1.165, 1.54) is 12.1 Å². The van der Waals surface area contributed by atoms with Crippen molar-refractivity contribution in [2.24, 2.45) is 0 Å². The number of hydrogen-bond donors (Lipinski definition) is 0. The Kier molecular flexibility index (Phi) is 2.60. The Bertz CT molecular complexity index is 350. The van der Waals surface area contributed by atoms with Crippen LogP contribution in [0.25, 0.3) is 0 Å². The number of halogens is 1. The predicted octanol–water partition coefficient (Wildman–Crippen LogP) is 2.60. The molecule has 0 saturated carbocycles. The molecule has 0 aliphatic carbocycles. The van der Waals surface area contributed by atoms with E-state index in [0.717, 1.165) is 11.1 Å². The Balaban J connectivity index is 3.28. The molecular weight excluding hydrogens is 173 g/mol. The van der Waals surface area contributed by atoms with E-state index < -0.39 is 16.4 Å². The molecule has 0 fully saturated rings. The van der Waals surface area contributed by atoms with Gasteiger partial charge in [-0.15, -0.1) is 0 Å². The first-order chi connectivity index (χ1) is 6.06. The molecule has 0 atom stereocenters. The summed E-state index contributed by atoms with van der Waals surface area (Å²) in [6.07, 6.45) is 0.681.